The lowest BCUT2D eigenvalue weighted by atomic mass is 10.3. The highest BCUT2D eigenvalue weighted by Crippen LogP contribution is 2.21. The van der Waals surface area contributed by atoms with Crippen LogP contribution in [0.5, 0.6) is 0 Å². The van der Waals surface area contributed by atoms with Crippen LogP contribution in [0.15, 0.2) is 6.07 Å². The quantitative estimate of drug-likeness (QED) is 0.801. The molecular weight excluding hydrogens is 232 g/mol. The molecule has 0 aromatic carbocycles. The summed E-state index contributed by atoms with van der Waals surface area (Å²) >= 11 is 0. The van der Waals surface area contributed by atoms with Crippen LogP contribution >= 0.6 is 0 Å². The van der Waals surface area contributed by atoms with Crippen molar-refractivity contribution in [3.63, 3.8) is 0 Å². The zero-order valence-electron chi connectivity index (χ0n) is 10.9. The third kappa shape index (κ3) is 3.08. The van der Waals surface area contributed by atoms with Gasteiger partial charge in [0, 0.05) is 32.8 Å². The maximum atomic E-state index is 9.57. The fraction of sp³-hybridized carbons (Fsp3) is 0.667. The SMILES string of the molecule is CCOCc1nc(NC)cc(N2CCC(O)C2)n1. The van der Waals surface area contributed by atoms with Gasteiger partial charge in [0.25, 0.3) is 0 Å². The molecule has 1 saturated heterocycles. The smallest absolute Gasteiger partial charge is 0.158 e. The molecule has 2 N–H and O–H groups in total. The Morgan fingerprint density at radius 1 is 1.56 bits per heavy atom. The zero-order chi connectivity index (χ0) is 13.0. The Morgan fingerprint density at radius 2 is 2.39 bits per heavy atom. The molecule has 1 atom stereocenters. The van der Waals surface area contributed by atoms with Crippen molar-refractivity contribution in [2.45, 2.75) is 26.1 Å². The van der Waals surface area contributed by atoms with E-state index in [1.165, 1.54) is 0 Å². The second-order valence-electron chi connectivity index (χ2n) is 4.30. The largest absolute Gasteiger partial charge is 0.391 e. The lowest BCUT2D eigenvalue weighted by molar-refractivity contribution is 0.128. The Hall–Kier alpha value is -1.40. The molecule has 18 heavy (non-hydrogen) atoms. The second-order valence-corrected chi connectivity index (χ2v) is 4.30. The molecule has 1 aromatic rings. The first kappa shape index (κ1) is 13.0. The van der Waals surface area contributed by atoms with Crippen molar-refractivity contribution in [2.24, 2.45) is 0 Å². The van der Waals surface area contributed by atoms with Crippen molar-refractivity contribution in [2.75, 3.05) is 37.0 Å². The summed E-state index contributed by atoms with van der Waals surface area (Å²) in [5.41, 5.74) is 0. The average molecular weight is 252 g/mol. The number of aliphatic hydroxyl groups excluding tert-OH is 1. The first-order chi connectivity index (χ1) is 8.72. The van der Waals surface area contributed by atoms with Gasteiger partial charge in [0.05, 0.1) is 6.10 Å². The number of nitrogens with zero attached hydrogens (tertiary/aromatic N) is 3. The van der Waals surface area contributed by atoms with Gasteiger partial charge in [0.2, 0.25) is 0 Å². The van der Waals surface area contributed by atoms with Crippen LogP contribution in [0.25, 0.3) is 0 Å². The summed E-state index contributed by atoms with van der Waals surface area (Å²) in [5.74, 6) is 2.29. The number of β-amino-alcohol motifs (C(OH)–C–C–N with tert-alkyl or cyclic N) is 1. The maximum Gasteiger partial charge on any atom is 0.158 e. The fourth-order valence-electron chi connectivity index (χ4n) is 1.98. The Bertz CT molecular complexity index is 400. The first-order valence-electron chi connectivity index (χ1n) is 6.29. The van der Waals surface area contributed by atoms with Gasteiger partial charge in [-0.3, -0.25) is 0 Å². The van der Waals surface area contributed by atoms with Gasteiger partial charge in [0.1, 0.15) is 18.2 Å². The molecule has 1 unspecified atom stereocenters. The summed E-state index contributed by atoms with van der Waals surface area (Å²) < 4.78 is 5.34. The van der Waals surface area contributed by atoms with Crippen LogP contribution in [-0.2, 0) is 11.3 Å². The van der Waals surface area contributed by atoms with Crippen molar-refractivity contribution in [3.05, 3.63) is 11.9 Å². The van der Waals surface area contributed by atoms with Crippen molar-refractivity contribution in [1.29, 1.82) is 0 Å². The summed E-state index contributed by atoms with van der Waals surface area (Å²) in [7, 11) is 1.83. The molecular formula is C12H20N4O2. The van der Waals surface area contributed by atoms with Gasteiger partial charge < -0.3 is 20.1 Å². The molecule has 100 valence electrons. The molecule has 2 heterocycles. The van der Waals surface area contributed by atoms with E-state index in [0.717, 1.165) is 24.6 Å². The molecule has 6 nitrogen and oxygen atoms in total. The number of aromatic nitrogens is 2. The molecule has 0 radical (unpaired) electrons. The highest BCUT2D eigenvalue weighted by atomic mass is 16.5. The third-order valence-electron chi connectivity index (χ3n) is 2.94. The van der Waals surface area contributed by atoms with Crippen LogP contribution < -0.4 is 10.2 Å². The molecule has 0 saturated carbocycles. The molecule has 6 heteroatoms. The van der Waals surface area contributed by atoms with E-state index in [1.807, 2.05) is 20.0 Å². The first-order valence-corrected chi connectivity index (χ1v) is 6.29. The second kappa shape index (κ2) is 5.97. The third-order valence-corrected chi connectivity index (χ3v) is 2.94. The van der Waals surface area contributed by atoms with E-state index in [4.69, 9.17) is 4.74 Å². The van der Waals surface area contributed by atoms with E-state index in [1.54, 1.807) is 0 Å². The van der Waals surface area contributed by atoms with Crippen molar-refractivity contribution in [3.8, 4) is 0 Å². The van der Waals surface area contributed by atoms with E-state index in [0.29, 0.717) is 25.6 Å². The monoisotopic (exact) mass is 252 g/mol. The van der Waals surface area contributed by atoms with E-state index in [9.17, 15) is 5.11 Å². The van der Waals surface area contributed by atoms with E-state index in [2.05, 4.69) is 20.2 Å². The van der Waals surface area contributed by atoms with Gasteiger partial charge >= 0.3 is 0 Å². The Balaban J connectivity index is 2.17. The number of hydrogen-bond donors (Lipinski definition) is 2. The Morgan fingerprint density at radius 3 is 3.00 bits per heavy atom. The number of ether oxygens (including phenoxy) is 1. The van der Waals surface area contributed by atoms with Gasteiger partial charge in [-0.2, -0.15) is 0 Å². The molecule has 0 aliphatic carbocycles. The number of anilines is 2. The number of hydrogen-bond acceptors (Lipinski definition) is 6. The molecule has 0 amide bonds. The van der Waals surface area contributed by atoms with Crippen LogP contribution in [0.4, 0.5) is 11.6 Å². The van der Waals surface area contributed by atoms with Gasteiger partial charge in [-0.25, -0.2) is 9.97 Å². The van der Waals surface area contributed by atoms with Gasteiger partial charge in [-0.05, 0) is 13.3 Å². The van der Waals surface area contributed by atoms with Crippen molar-refractivity contribution in [1.82, 2.24) is 9.97 Å². The van der Waals surface area contributed by atoms with Crippen molar-refractivity contribution < 1.29 is 9.84 Å². The van der Waals surface area contributed by atoms with Gasteiger partial charge in [-0.1, -0.05) is 0 Å². The molecule has 2 rings (SSSR count). The lowest BCUT2D eigenvalue weighted by Gasteiger charge is -2.18. The molecule has 1 fully saturated rings. The Labute approximate surface area is 107 Å². The van der Waals surface area contributed by atoms with Crippen LogP contribution in [0, 0.1) is 0 Å². The molecule has 0 spiro atoms. The summed E-state index contributed by atoms with van der Waals surface area (Å²) in [6.45, 7) is 4.46. The predicted molar refractivity (Wildman–Crippen MR) is 69.7 cm³/mol. The average Bonchev–Trinajstić information content (AvgIpc) is 2.82. The normalized spacial score (nSPS) is 19.3. The highest BCUT2D eigenvalue weighted by molar-refractivity contribution is 5.49. The van der Waals surface area contributed by atoms with Crippen LogP contribution in [-0.4, -0.2) is 47.9 Å². The van der Waals surface area contributed by atoms with Crippen LogP contribution in [0.3, 0.4) is 0 Å². The van der Waals surface area contributed by atoms with E-state index >= 15 is 0 Å². The summed E-state index contributed by atoms with van der Waals surface area (Å²) in [4.78, 5) is 10.9. The number of aliphatic hydroxyl groups is 1. The minimum absolute atomic E-state index is 0.256. The fourth-order valence-corrected chi connectivity index (χ4v) is 1.98. The van der Waals surface area contributed by atoms with Gasteiger partial charge in [-0.15, -0.1) is 0 Å². The van der Waals surface area contributed by atoms with Gasteiger partial charge in [0.15, 0.2) is 5.82 Å². The number of nitrogens with one attached hydrogen (secondary N) is 1. The van der Waals surface area contributed by atoms with Crippen LogP contribution in [0.1, 0.15) is 19.2 Å². The minimum atomic E-state index is -0.256. The van der Waals surface area contributed by atoms with E-state index in [-0.39, 0.29) is 6.10 Å². The molecule has 1 aromatic heterocycles. The van der Waals surface area contributed by atoms with Crippen molar-refractivity contribution >= 4 is 11.6 Å². The zero-order valence-corrected chi connectivity index (χ0v) is 10.9. The molecule has 1 aliphatic rings. The lowest BCUT2D eigenvalue weighted by Crippen LogP contribution is -2.23. The standard InChI is InChI=1S/C12H20N4O2/c1-3-18-8-11-14-10(13-2)6-12(15-11)16-5-4-9(17)7-16/h6,9,17H,3-5,7-8H2,1-2H3,(H,13,14,15). The summed E-state index contributed by atoms with van der Waals surface area (Å²) in [5, 5.41) is 12.6. The highest BCUT2D eigenvalue weighted by Gasteiger charge is 2.22. The Kier molecular flexibility index (Phi) is 4.33. The minimum Gasteiger partial charge on any atom is -0.391 e. The molecule has 1 aliphatic heterocycles. The molecule has 0 bridgehead atoms. The van der Waals surface area contributed by atoms with E-state index < -0.39 is 0 Å². The summed E-state index contributed by atoms with van der Waals surface area (Å²) in [6.07, 6.45) is 0.535. The van der Waals surface area contributed by atoms with Crippen LogP contribution in [0.2, 0.25) is 0 Å². The number of rotatable bonds is 5. The topological polar surface area (TPSA) is 70.5 Å². The maximum absolute atomic E-state index is 9.57. The predicted octanol–water partition coefficient (Wildman–Crippen LogP) is 0.626. The summed E-state index contributed by atoms with van der Waals surface area (Å²) in [6, 6.07) is 1.90.